The van der Waals surface area contributed by atoms with Gasteiger partial charge in [0.05, 0.1) is 0 Å². The van der Waals surface area contributed by atoms with E-state index < -0.39 is 12.0 Å². The van der Waals surface area contributed by atoms with Crippen molar-refractivity contribution < 1.29 is 9.90 Å². The highest BCUT2D eigenvalue weighted by Crippen LogP contribution is 2.09. The average molecular weight is 250 g/mol. The van der Waals surface area contributed by atoms with Crippen molar-refractivity contribution in [2.24, 2.45) is 5.73 Å². The summed E-state index contributed by atoms with van der Waals surface area (Å²) < 4.78 is 0. The zero-order valence-corrected chi connectivity index (χ0v) is 11.1. The molecule has 0 spiro atoms. The van der Waals surface area contributed by atoms with Crippen LogP contribution in [0.3, 0.4) is 0 Å². The molecular formula is C14H22N2O2. The Kier molecular flexibility index (Phi) is 5.82. The maximum atomic E-state index is 10.5. The molecule has 0 aliphatic heterocycles. The monoisotopic (exact) mass is 250 g/mol. The molecule has 0 saturated heterocycles. The van der Waals surface area contributed by atoms with Gasteiger partial charge in [0.2, 0.25) is 0 Å². The van der Waals surface area contributed by atoms with Crippen LogP contribution >= 0.6 is 0 Å². The van der Waals surface area contributed by atoms with Crippen molar-refractivity contribution in [3.8, 4) is 0 Å². The van der Waals surface area contributed by atoms with Gasteiger partial charge in [-0.3, -0.25) is 4.79 Å². The minimum Gasteiger partial charge on any atom is -0.480 e. The second kappa shape index (κ2) is 7.13. The number of hydrogen-bond acceptors (Lipinski definition) is 3. The van der Waals surface area contributed by atoms with Crippen LogP contribution in [0.15, 0.2) is 18.2 Å². The Hall–Kier alpha value is -1.39. The number of hydrogen-bond donors (Lipinski definition) is 3. The van der Waals surface area contributed by atoms with Gasteiger partial charge in [-0.2, -0.15) is 0 Å². The highest BCUT2D eigenvalue weighted by molar-refractivity contribution is 5.72. The zero-order valence-electron chi connectivity index (χ0n) is 11.1. The number of rotatable bonds is 7. The highest BCUT2D eigenvalue weighted by atomic mass is 16.4. The molecule has 1 rings (SSSR count). The number of aryl methyl sites for hydroxylation is 2. The van der Waals surface area contributed by atoms with Crippen LogP contribution in [-0.4, -0.2) is 30.2 Å². The van der Waals surface area contributed by atoms with Crippen LogP contribution in [0.2, 0.25) is 0 Å². The fourth-order valence-electron chi connectivity index (χ4n) is 1.70. The summed E-state index contributed by atoms with van der Waals surface area (Å²) in [6.07, 6.45) is 1.41. The second-order valence-electron chi connectivity index (χ2n) is 4.65. The predicted molar refractivity (Wildman–Crippen MR) is 72.7 cm³/mol. The standard InChI is InChI=1S/C14H22N2O2/c1-10-3-4-12(9-11(10)2)5-7-16-8-6-13(15)14(17)18/h3-4,9,13,16H,5-8,15H2,1-2H3,(H,17,18). The van der Waals surface area contributed by atoms with Crippen LogP contribution in [0.25, 0.3) is 0 Å². The quantitative estimate of drug-likeness (QED) is 0.636. The summed E-state index contributed by atoms with van der Waals surface area (Å²) in [5.74, 6) is -0.939. The van der Waals surface area contributed by atoms with Gasteiger partial charge in [-0.05, 0) is 56.5 Å². The number of nitrogens with one attached hydrogen (secondary N) is 1. The normalized spacial score (nSPS) is 12.4. The van der Waals surface area contributed by atoms with Crippen molar-refractivity contribution in [1.29, 1.82) is 0 Å². The van der Waals surface area contributed by atoms with Crippen LogP contribution < -0.4 is 11.1 Å². The molecule has 1 unspecified atom stereocenters. The minimum absolute atomic E-state index is 0.461. The average Bonchev–Trinajstić information content (AvgIpc) is 2.32. The Bertz CT molecular complexity index is 405. The third kappa shape index (κ3) is 4.85. The molecule has 4 heteroatoms. The summed E-state index contributed by atoms with van der Waals surface area (Å²) in [5, 5.41) is 11.8. The summed E-state index contributed by atoms with van der Waals surface area (Å²) >= 11 is 0. The van der Waals surface area contributed by atoms with Crippen molar-refractivity contribution >= 4 is 5.97 Å². The summed E-state index contributed by atoms with van der Waals surface area (Å²) in [7, 11) is 0. The number of carboxylic acid groups (broad SMARTS) is 1. The molecular weight excluding hydrogens is 228 g/mol. The lowest BCUT2D eigenvalue weighted by Gasteiger charge is -2.08. The molecule has 0 amide bonds. The molecule has 0 bridgehead atoms. The van der Waals surface area contributed by atoms with Gasteiger partial charge in [-0.15, -0.1) is 0 Å². The van der Waals surface area contributed by atoms with E-state index in [4.69, 9.17) is 10.8 Å². The van der Waals surface area contributed by atoms with E-state index in [2.05, 4.69) is 37.4 Å². The first-order chi connectivity index (χ1) is 8.50. The molecule has 4 nitrogen and oxygen atoms in total. The Balaban J connectivity index is 2.22. The first-order valence-electron chi connectivity index (χ1n) is 6.26. The van der Waals surface area contributed by atoms with E-state index in [0.717, 1.165) is 13.0 Å². The number of benzene rings is 1. The Labute approximate surface area is 108 Å². The summed E-state index contributed by atoms with van der Waals surface area (Å²) in [6, 6.07) is 5.69. The van der Waals surface area contributed by atoms with Gasteiger partial charge < -0.3 is 16.2 Å². The summed E-state index contributed by atoms with van der Waals surface area (Å²) in [4.78, 5) is 10.5. The summed E-state index contributed by atoms with van der Waals surface area (Å²) in [6.45, 7) is 5.69. The number of aliphatic carboxylic acids is 1. The number of nitrogens with two attached hydrogens (primary N) is 1. The van der Waals surface area contributed by atoms with Gasteiger partial charge in [0.15, 0.2) is 0 Å². The number of carboxylic acids is 1. The molecule has 1 aromatic rings. The largest absolute Gasteiger partial charge is 0.480 e. The molecule has 1 aromatic carbocycles. The van der Waals surface area contributed by atoms with Gasteiger partial charge in [0, 0.05) is 0 Å². The van der Waals surface area contributed by atoms with E-state index in [1.807, 2.05) is 0 Å². The molecule has 0 heterocycles. The Morgan fingerprint density at radius 1 is 1.33 bits per heavy atom. The van der Waals surface area contributed by atoms with E-state index in [-0.39, 0.29) is 0 Å². The molecule has 0 fully saturated rings. The lowest BCUT2D eigenvalue weighted by molar-refractivity contribution is -0.138. The molecule has 100 valence electrons. The second-order valence-corrected chi connectivity index (χ2v) is 4.65. The lowest BCUT2D eigenvalue weighted by Crippen LogP contribution is -2.34. The smallest absolute Gasteiger partial charge is 0.320 e. The lowest BCUT2D eigenvalue weighted by atomic mass is 10.0. The van der Waals surface area contributed by atoms with Crippen LogP contribution in [0.1, 0.15) is 23.1 Å². The summed E-state index contributed by atoms with van der Waals surface area (Å²) in [5.41, 5.74) is 9.32. The van der Waals surface area contributed by atoms with E-state index in [1.54, 1.807) is 0 Å². The van der Waals surface area contributed by atoms with Crippen LogP contribution in [0.5, 0.6) is 0 Å². The molecule has 4 N–H and O–H groups in total. The maximum Gasteiger partial charge on any atom is 0.320 e. The SMILES string of the molecule is Cc1ccc(CCNCCC(N)C(=O)O)cc1C. The van der Waals surface area contributed by atoms with Crippen molar-refractivity contribution in [2.75, 3.05) is 13.1 Å². The van der Waals surface area contributed by atoms with Crippen LogP contribution in [0.4, 0.5) is 0 Å². The molecule has 18 heavy (non-hydrogen) atoms. The van der Waals surface area contributed by atoms with Crippen molar-refractivity contribution in [3.05, 3.63) is 34.9 Å². The van der Waals surface area contributed by atoms with Crippen LogP contribution in [0, 0.1) is 13.8 Å². The van der Waals surface area contributed by atoms with Gasteiger partial charge in [0.25, 0.3) is 0 Å². The highest BCUT2D eigenvalue weighted by Gasteiger charge is 2.09. The zero-order chi connectivity index (χ0) is 13.5. The molecule has 0 aliphatic rings. The van der Waals surface area contributed by atoms with E-state index in [9.17, 15) is 4.79 Å². The van der Waals surface area contributed by atoms with Crippen LogP contribution in [-0.2, 0) is 11.2 Å². The topological polar surface area (TPSA) is 75.3 Å². The molecule has 0 saturated carbocycles. The van der Waals surface area contributed by atoms with Crippen molar-refractivity contribution in [1.82, 2.24) is 5.32 Å². The van der Waals surface area contributed by atoms with Crippen molar-refractivity contribution in [2.45, 2.75) is 32.7 Å². The van der Waals surface area contributed by atoms with Crippen molar-refractivity contribution in [3.63, 3.8) is 0 Å². The fraction of sp³-hybridized carbons (Fsp3) is 0.500. The molecule has 0 radical (unpaired) electrons. The number of carbonyl (C=O) groups is 1. The van der Waals surface area contributed by atoms with E-state index in [1.165, 1.54) is 16.7 Å². The van der Waals surface area contributed by atoms with E-state index in [0.29, 0.717) is 13.0 Å². The minimum atomic E-state index is -0.939. The first-order valence-corrected chi connectivity index (χ1v) is 6.26. The molecule has 0 aliphatic carbocycles. The van der Waals surface area contributed by atoms with E-state index >= 15 is 0 Å². The molecule has 1 atom stereocenters. The van der Waals surface area contributed by atoms with Gasteiger partial charge in [0.1, 0.15) is 6.04 Å². The fourth-order valence-corrected chi connectivity index (χ4v) is 1.70. The Morgan fingerprint density at radius 3 is 2.67 bits per heavy atom. The van der Waals surface area contributed by atoms with Gasteiger partial charge >= 0.3 is 5.97 Å². The third-order valence-electron chi connectivity index (χ3n) is 3.11. The third-order valence-corrected chi connectivity index (χ3v) is 3.11. The first kappa shape index (κ1) is 14.7. The van der Waals surface area contributed by atoms with Gasteiger partial charge in [-0.1, -0.05) is 18.2 Å². The molecule has 0 aromatic heterocycles. The predicted octanol–water partition coefficient (Wildman–Crippen LogP) is 1.24. The van der Waals surface area contributed by atoms with Gasteiger partial charge in [-0.25, -0.2) is 0 Å². The maximum absolute atomic E-state index is 10.5. The Morgan fingerprint density at radius 2 is 2.06 bits per heavy atom.